The van der Waals surface area contributed by atoms with Crippen LogP contribution in [0.3, 0.4) is 0 Å². The average molecular weight is 438 g/mol. The third-order valence-electron chi connectivity index (χ3n) is 4.89. The number of aromatic nitrogens is 4. The fourth-order valence-corrected chi connectivity index (χ4v) is 4.77. The van der Waals surface area contributed by atoms with Crippen LogP contribution in [-0.2, 0) is 6.54 Å². The van der Waals surface area contributed by atoms with Gasteiger partial charge in [0.2, 0.25) is 0 Å². The van der Waals surface area contributed by atoms with Crippen LogP contribution in [0, 0.1) is 0 Å². The van der Waals surface area contributed by atoms with Gasteiger partial charge in [-0.3, -0.25) is 9.36 Å². The van der Waals surface area contributed by atoms with Crippen molar-refractivity contribution in [2.75, 3.05) is 6.54 Å². The Bertz CT molecular complexity index is 1220. The Balaban J connectivity index is 1.26. The van der Waals surface area contributed by atoms with Crippen molar-refractivity contribution in [2.45, 2.75) is 25.4 Å². The number of amides is 1. The summed E-state index contributed by atoms with van der Waals surface area (Å²) in [5, 5.41) is 11.9. The van der Waals surface area contributed by atoms with Crippen molar-refractivity contribution in [3.05, 3.63) is 69.4 Å². The molecule has 1 N–H and O–H groups in total. The third-order valence-corrected chi connectivity index (χ3v) is 6.65. The lowest BCUT2D eigenvalue weighted by Gasteiger charge is -2.02. The van der Waals surface area contributed by atoms with E-state index < -0.39 is 0 Å². The van der Waals surface area contributed by atoms with Gasteiger partial charge >= 0.3 is 5.69 Å². The number of carbonyl (C=O) groups excluding carboxylic acids is 1. The summed E-state index contributed by atoms with van der Waals surface area (Å²) in [7, 11) is 0. The zero-order chi connectivity index (χ0) is 20.5. The maximum atomic E-state index is 12.8. The second-order valence-electron chi connectivity index (χ2n) is 7.07. The number of nitrogens with zero attached hydrogens (tertiary/aromatic N) is 4. The van der Waals surface area contributed by atoms with Crippen molar-refractivity contribution in [1.29, 1.82) is 0 Å². The molecule has 0 radical (unpaired) electrons. The summed E-state index contributed by atoms with van der Waals surface area (Å²) in [6.07, 6.45) is 2.02. The number of hydrogen-bond donors (Lipinski definition) is 1. The van der Waals surface area contributed by atoms with Gasteiger partial charge in [-0.1, -0.05) is 36.4 Å². The summed E-state index contributed by atoms with van der Waals surface area (Å²) in [6, 6.07) is 13.9. The maximum Gasteiger partial charge on any atom is 0.346 e. The predicted molar refractivity (Wildman–Crippen MR) is 118 cm³/mol. The summed E-state index contributed by atoms with van der Waals surface area (Å²) in [6.45, 7) is 0.626. The van der Waals surface area contributed by atoms with Crippen LogP contribution < -0.4 is 11.0 Å². The number of thiophene rings is 1. The fraction of sp³-hybridized carbons (Fsp3) is 0.238. The Morgan fingerprint density at radius 1 is 1.13 bits per heavy atom. The fourth-order valence-electron chi connectivity index (χ4n) is 3.26. The van der Waals surface area contributed by atoms with Crippen LogP contribution in [-0.4, -0.2) is 31.8 Å². The van der Waals surface area contributed by atoms with Crippen molar-refractivity contribution >= 4 is 28.6 Å². The SMILES string of the molecule is O=C(NCCn1nc(-c2cccs2)n(C2CC2)c1=O)c1csc(-c2ccccc2)n1. The standard InChI is InChI=1S/C21H19N5O2S2/c27-19(16-13-30-20(23-16)14-5-2-1-3-6-14)22-10-11-25-21(28)26(15-8-9-15)18(24-25)17-7-4-12-29-17/h1-7,12-13,15H,8-11H2,(H,22,27). The van der Waals surface area contributed by atoms with Gasteiger partial charge in [-0.05, 0) is 24.3 Å². The number of hydrogen-bond acceptors (Lipinski definition) is 6. The summed E-state index contributed by atoms with van der Waals surface area (Å²) >= 11 is 3.01. The molecule has 4 aromatic rings. The molecule has 7 nitrogen and oxygen atoms in total. The molecule has 1 aliphatic rings. The van der Waals surface area contributed by atoms with Gasteiger partial charge in [0.15, 0.2) is 5.82 Å². The highest BCUT2D eigenvalue weighted by Crippen LogP contribution is 2.37. The van der Waals surface area contributed by atoms with Gasteiger partial charge in [0, 0.05) is 23.5 Å². The molecule has 1 saturated carbocycles. The molecule has 0 bridgehead atoms. The van der Waals surface area contributed by atoms with Crippen LogP contribution in [0.25, 0.3) is 21.3 Å². The number of benzene rings is 1. The minimum atomic E-state index is -0.249. The van der Waals surface area contributed by atoms with E-state index in [4.69, 9.17) is 0 Å². The molecule has 152 valence electrons. The van der Waals surface area contributed by atoms with E-state index in [9.17, 15) is 9.59 Å². The molecule has 1 amide bonds. The zero-order valence-electron chi connectivity index (χ0n) is 16.0. The molecular weight excluding hydrogens is 418 g/mol. The first-order valence-electron chi connectivity index (χ1n) is 9.73. The highest BCUT2D eigenvalue weighted by atomic mass is 32.1. The van der Waals surface area contributed by atoms with Crippen LogP contribution in [0.2, 0.25) is 0 Å². The van der Waals surface area contributed by atoms with Gasteiger partial charge in [0.1, 0.15) is 10.7 Å². The van der Waals surface area contributed by atoms with Crippen LogP contribution in [0.15, 0.2) is 58.0 Å². The molecule has 1 aromatic carbocycles. The molecule has 0 aliphatic heterocycles. The van der Waals surface area contributed by atoms with Crippen molar-refractivity contribution in [1.82, 2.24) is 24.6 Å². The molecule has 0 saturated heterocycles. The smallest absolute Gasteiger partial charge is 0.346 e. The van der Waals surface area contributed by atoms with Crippen LogP contribution >= 0.6 is 22.7 Å². The summed E-state index contributed by atoms with van der Waals surface area (Å²) in [5.41, 5.74) is 1.25. The molecule has 3 aromatic heterocycles. The Kier molecular flexibility index (Phi) is 5.06. The van der Waals surface area contributed by atoms with E-state index in [-0.39, 0.29) is 17.6 Å². The molecule has 30 heavy (non-hydrogen) atoms. The number of rotatable bonds is 7. The highest BCUT2D eigenvalue weighted by molar-refractivity contribution is 7.13. The van der Waals surface area contributed by atoms with Gasteiger partial charge in [0.25, 0.3) is 5.91 Å². The zero-order valence-corrected chi connectivity index (χ0v) is 17.7. The van der Waals surface area contributed by atoms with Gasteiger partial charge < -0.3 is 5.32 Å². The minimum absolute atomic E-state index is 0.116. The molecule has 0 atom stereocenters. The summed E-state index contributed by atoms with van der Waals surface area (Å²) < 4.78 is 3.24. The van der Waals surface area contributed by atoms with Crippen LogP contribution in [0.1, 0.15) is 29.4 Å². The Morgan fingerprint density at radius 3 is 2.70 bits per heavy atom. The van der Waals surface area contributed by atoms with Gasteiger partial charge in [0.05, 0.1) is 11.4 Å². The predicted octanol–water partition coefficient (Wildman–Crippen LogP) is 3.66. The van der Waals surface area contributed by atoms with Crippen LogP contribution in [0.5, 0.6) is 0 Å². The number of carbonyl (C=O) groups is 1. The largest absolute Gasteiger partial charge is 0.349 e. The van der Waals surface area contributed by atoms with E-state index in [0.29, 0.717) is 18.8 Å². The number of nitrogens with one attached hydrogen (secondary N) is 1. The van der Waals surface area contributed by atoms with E-state index >= 15 is 0 Å². The van der Waals surface area contributed by atoms with Crippen molar-refractivity contribution < 1.29 is 4.79 Å². The first kappa shape index (κ1) is 19.0. The van der Waals surface area contributed by atoms with E-state index in [2.05, 4.69) is 15.4 Å². The minimum Gasteiger partial charge on any atom is -0.349 e. The molecule has 9 heteroatoms. The number of thiazole rings is 1. The van der Waals surface area contributed by atoms with Crippen LogP contribution in [0.4, 0.5) is 0 Å². The quantitative estimate of drug-likeness (QED) is 0.478. The third kappa shape index (κ3) is 3.73. The second-order valence-corrected chi connectivity index (χ2v) is 8.87. The van der Waals surface area contributed by atoms with Crippen molar-refractivity contribution in [3.8, 4) is 21.3 Å². The Hall–Kier alpha value is -3.04. The monoisotopic (exact) mass is 437 g/mol. The first-order chi connectivity index (χ1) is 14.7. The second kappa shape index (κ2) is 8.00. The maximum absolute atomic E-state index is 12.8. The Labute approximate surface area is 180 Å². The molecule has 1 aliphatic carbocycles. The van der Waals surface area contributed by atoms with Crippen molar-refractivity contribution in [3.63, 3.8) is 0 Å². The normalized spacial score (nSPS) is 13.5. The first-order valence-corrected chi connectivity index (χ1v) is 11.5. The van der Waals surface area contributed by atoms with Gasteiger partial charge in [-0.25, -0.2) is 14.5 Å². The van der Waals surface area contributed by atoms with Gasteiger partial charge in [-0.15, -0.1) is 27.8 Å². The highest BCUT2D eigenvalue weighted by Gasteiger charge is 2.30. The average Bonchev–Trinajstić information content (AvgIpc) is 3.18. The lowest BCUT2D eigenvalue weighted by atomic mass is 10.2. The van der Waals surface area contributed by atoms with E-state index in [1.165, 1.54) is 16.0 Å². The lowest BCUT2D eigenvalue weighted by Crippen LogP contribution is -2.32. The molecule has 5 rings (SSSR count). The topological polar surface area (TPSA) is 81.8 Å². The molecule has 0 spiro atoms. The van der Waals surface area contributed by atoms with E-state index in [1.807, 2.05) is 47.8 Å². The molecule has 3 heterocycles. The van der Waals surface area contributed by atoms with Gasteiger partial charge in [-0.2, -0.15) is 0 Å². The lowest BCUT2D eigenvalue weighted by molar-refractivity contribution is 0.0947. The Morgan fingerprint density at radius 2 is 1.97 bits per heavy atom. The molecule has 0 unspecified atom stereocenters. The molecule has 1 fully saturated rings. The summed E-state index contributed by atoms with van der Waals surface area (Å²) in [5.74, 6) is 0.470. The summed E-state index contributed by atoms with van der Waals surface area (Å²) in [4.78, 5) is 30.7. The van der Waals surface area contributed by atoms with Crippen molar-refractivity contribution in [2.24, 2.45) is 0 Å². The van der Waals surface area contributed by atoms with E-state index in [1.54, 1.807) is 21.3 Å². The molecular formula is C21H19N5O2S2. The van der Waals surface area contributed by atoms with E-state index in [0.717, 1.165) is 34.1 Å².